The van der Waals surface area contributed by atoms with Gasteiger partial charge in [-0.2, -0.15) is 0 Å². The van der Waals surface area contributed by atoms with Crippen molar-refractivity contribution in [1.29, 1.82) is 0 Å². The average Bonchev–Trinajstić information content (AvgIpc) is 3.04. The maximum absolute atomic E-state index is 12.6. The van der Waals surface area contributed by atoms with Crippen LogP contribution in [-0.2, 0) is 0 Å². The number of carbonyl (C=O) groups excluding carboxylic acids is 1. The lowest BCUT2D eigenvalue weighted by molar-refractivity contribution is 0.102. The van der Waals surface area contributed by atoms with E-state index in [2.05, 4.69) is 26.2 Å². The summed E-state index contributed by atoms with van der Waals surface area (Å²) in [6.45, 7) is 0. The Morgan fingerprint density at radius 2 is 1.72 bits per heavy atom. The predicted octanol–water partition coefficient (Wildman–Crippen LogP) is 4.34. The van der Waals surface area contributed by atoms with Gasteiger partial charge < -0.3 is 14.2 Å². The third-order valence-electron chi connectivity index (χ3n) is 3.53. The largest absolute Gasteiger partial charge is 0.495 e. The topological polar surface area (TPSA) is 69.7 Å². The lowest BCUT2D eigenvalue weighted by Gasteiger charge is -2.11. The summed E-state index contributed by atoms with van der Waals surface area (Å²) in [7, 11) is 4.65. The number of benzene rings is 2. The maximum atomic E-state index is 12.6. The van der Waals surface area contributed by atoms with Gasteiger partial charge in [-0.25, -0.2) is 4.98 Å². The Hall–Kier alpha value is -2.32. The van der Waals surface area contributed by atoms with Gasteiger partial charge in [0.05, 0.1) is 26.0 Å². The fourth-order valence-electron chi connectivity index (χ4n) is 2.31. The van der Waals surface area contributed by atoms with Crippen LogP contribution in [0.25, 0.3) is 10.2 Å². The smallest absolute Gasteiger partial charge is 0.257 e. The number of aromatic nitrogens is 1. The number of nitrogens with zero attached hydrogens (tertiary/aromatic N) is 1. The van der Waals surface area contributed by atoms with Crippen LogP contribution in [0.3, 0.4) is 0 Å². The Bertz CT molecular complexity index is 917. The Labute approximate surface area is 156 Å². The number of para-hydroxylation sites is 1. The van der Waals surface area contributed by atoms with E-state index in [0.717, 1.165) is 10.2 Å². The molecule has 1 heterocycles. The van der Waals surface area contributed by atoms with Gasteiger partial charge in [0.25, 0.3) is 5.91 Å². The van der Waals surface area contributed by atoms with Gasteiger partial charge in [-0.1, -0.05) is 17.4 Å². The van der Waals surface area contributed by atoms with Gasteiger partial charge in [-0.15, -0.1) is 0 Å². The highest BCUT2D eigenvalue weighted by molar-refractivity contribution is 9.10. The molecule has 0 spiro atoms. The third-order valence-corrected chi connectivity index (χ3v) is 5.25. The van der Waals surface area contributed by atoms with E-state index in [1.165, 1.54) is 25.6 Å². The van der Waals surface area contributed by atoms with Crippen LogP contribution in [-0.4, -0.2) is 32.2 Å². The fraction of sp³-hybridized carbons (Fsp3) is 0.176. The van der Waals surface area contributed by atoms with E-state index in [9.17, 15) is 4.79 Å². The van der Waals surface area contributed by atoms with Crippen molar-refractivity contribution in [3.05, 3.63) is 40.4 Å². The van der Waals surface area contributed by atoms with Crippen molar-refractivity contribution in [2.24, 2.45) is 0 Å². The van der Waals surface area contributed by atoms with Gasteiger partial charge in [0.1, 0.15) is 27.2 Å². The molecular formula is C17H15BrN2O4S. The van der Waals surface area contributed by atoms with E-state index in [4.69, 9.17) is 14.2 Å². The summed E-state index contributed by atoms with van der Waals surface area (Å²) < 4.78 is 17.4. The second kappa shape index (κ2) is 7.28. The maximum Gasteiger partial charge on any atom is 0.257 e. The molecule has 0 aliphatic rings. The van der Waals surface area contributed by atoms with Crippen LogP contribution in [0, 0.1) is 0 Å². The van der Waals surface area contributed by atoms with E-state index >= 15 is 0 Å². The number of amides is 1. The molecule has 8 heteroatoms. The lowest BCUT2D eigenvalue weighted by atomic mass is 10.2. The zero-order valence-electron chi connectivity index (χ0n) is 13.8. The Balaban J connectivity index is 1.92. The number of rotatable bonds is 5. The minimum atomic E-state index is -0.304. The number of nitrogens with one attached hydrogen (secondary N) is 1. The van der Waals surface area contributed by atoms with Crippen LogP contribution >= 0.6 is 27.3 Å². The highest BCUT2D eigenvalue weighted by Gasteiger charge is 2.16. The molecule has 0 radical (unpaired) electrons. The molecule has 0 fully saturated rings. The number of fused-ring (bicyclic) bond motifs is 1. The molecule has 0 aliphatic carbocycles. The van der Waals surface area contributed by atoms with Crippen LogP contribution < -0.4 is 19.5 Å². The summed E-state index contributed by atoms with van der Waals surface area (Å²) in [5.74, 6) is 1.38. The Morgan fingerprint density at radius 1 is 1.08 bits per heavy atom. The molecule has 0 saturated heterocycles. The second-order valence-corrected chi connectivity index (χ2v) is 6.80. The van der Waals surface area contributed by atoms with Crippen LogP contribution in [0.15, 0.2) is 34.8 Å². The van der Waals surface area contributed by atoms with Gasteiger partial charge >= 0.3 is 0 Å². The number of carbonyl (C=O) groups is 1. The minimum absolute atomic E-state index is 0.304. The van der Waals surface area contributed by atoms with E-state index in [0.29, 0.717) is 32.4 Å². The zero-order chi connectivity index (χ0) is 18.0. The summed E-state index contributed by atoms with van der Waals surface area (Å²) in [5, 5.41) is 3.30. The van der Waals surface area contributed by atoms with Crippen molar-refractivity contribution in [2.75, 3.05) is 26.6 Å². The van der Waals surface area contributed by atoms with E-state index in [1.54, 1.807) is 19.2 Å². The van der Waals surface area contributed by atoms with Crippen LogP contribution in [0.4, 0.5) is 5.13 Å². The number of anilines is 1. The zero-order valence-corrected chi connectivity index (χ0v) is 16.2. The van der Waals surface area contributed by atoms with Gasteiger partial charge in [-0.05, 0) is 40.2 Å². The summed E-state index contributed by atoms with van der Waals surface area (Å²) >= 11 is 4.76. The summed E-state index contributed by atoms with van der Waals surface area (Å²) in [4.78, 5) is 17.0. The molecule has 0 aliphatic heterocycles. The average molecular weight is 423 g/mol. The fourth-order valence-corrected chi connectivity index (χ4v) is 3.74. The van der Waals surface area contributed by atoms with Crippen LogP contribution in [0.5, 0.6) is 17.2 Å². The molecule has 0 atom stereocenters. The Kier molecular flexibility index (Phi) is 5.10. The molecule has 6 nitrogen and oxygen atoms in total. The predicted molar refractivity (Wildman–Crippen MR) is 101 cm³/mol. The number of hydrogen-bond acceptors (Lipinski definition) is 6. The van der Waals surface area contributed by atoms with E-state index in [-0.39, 0.29) is 5.91 Å². The molecule has 1 N–H and O–H groups in total. The number of hydrogen-bond donors (Lipinski definition) is 1. The van der Waals surface area contributed by atoms with Gasteiger partial charge in [0.2, 0.25) is 0 Å². The highest BCUT2D eigenvalue weighted by atomic mass is 79.9. The molecule has 1 amide bonds. The quantitative estimate of drug-likeness (QED) is 0.662. The van der Waals surface area contributed by atoms with Gasteiger partial charge in [-0.3, -0.25) is 10.1 Å². The SMILES string of the molecule is COc1cc(C(=O)Nc2nc3c(OC)cccc3s2)cc(OC)c1Br. The van der Waals surface area contributed by atoms with Crippen LogP contribution in [0.1, 0.15) is 10.4 Å². The molecular weight excluding hydrogens is 408 g/mol. The Morgan fingerprint density at radius 3 is 2.32 bits per heavy atom. The van der Waals surface area contributed by atoms with Crippen molar-refractivity contribution < 1.29 is 19.0 Å². The van der Waals surface area contributed by atoms with E-state index < -0.39 is 0 Å². The first-order valence-electron chi connectivity index (χ1n) is 7.23. The first-order valence-corrected chi connectivity index (χ1v) is 8.84. The summed E-state index contributed by atoms with van der Waals surface area (Å²) in [6.07, 6.45) is 0. The summed E-state index contributed by atoms with van der Waals surface area (Å²) in [5.41, 5.74) is 1.12. The van der Waals surface area contributed by atoms with Crippen LogP contribution in [0.2, 0.25) is 0 Å². The summed E-state index contributed by atoms with van der Waals surface area (Å²) in [6, 6.07) is 8.91. The third kappa shape index (κ3) is 3.40. The molecule has 0 unspecified atom stereocenters. The van der Waals surface area contributed by atoms with Crippen molar-refractivity contribution in [2.45, 2.75) is 0 Å². The number of ether oxygens (including phenoxy) is 3. The monoisotopic (exact) mass is 422 g/mol. The number of thiazole rings is 1. The van der Waals surface area contributed by atoms with Crippen molar-refractivity contribution in [3.63, 3.8) is 0 Å². The first-order chi connectivity index (χ1) is 12.1. The van der Waals surface area contributed by atoms with Gasteiger partial charge in [0, 0.05) is 5.56 Å². The van der Waals surface area contributed by atoms with Crippen molar-refractivity contribution >= 4 is 48.5 Å². The first kappa shape index (κ1) is 17.5. The molecule has 130 valence electrons. The molecule has 3 rings (SSSR count). The second-order valence-electron chi connectivity index (χ2n) is 4.97. The molecule has 2 aromatic carbocycles. The minimum Gasteiger partial charge on any atom is -0.495 e. The van der Waals surface area contributed by atoms with Crippen molar-refractivity contribution in [1.82, 2.24) is 4.98 Å². The van der Waals surface area contributed by atoms with E-state index in [1.807, 2.05) is 18.2 Å². The molecule has 1 aromatic heterocycles. The molecule has 3 aromatic rings. The highest BCUT2D eigenvalue weighted by Crippen LogP contribution is 2.36. The normalized spacial score (nSPS) is 10.6. The molecule has 0 saturated carbocycles. The van der Waals surface area contributed by atoms with Gasteiger partial charge in [0.15, 0.2) is 5.13 Å². The molecule has 25 heavy (non-hydrogen) atoms. The van der Waals surface area contributed by atoms with Crippen molar-refractivity contribution in [3.8, 4) is 17.2 Å². The molecule has 0 bridgehead atoms. The standard InChI is InChI=1S/C17H15BrN2O4S/c1-22-10-5-4-6-13-15(10)19-17(25-13)20-16(21)9-7-11(23-2)14(18)12(8-9)24-3/h4-8H,1-3H3,(H,19,20,21). The number of halogens is 1. The lowest BCUT2D eigenvalue weighted by Crippen LogP contribution is -2.12. The number of methoxy groups -OCH3 is 3.